The molecule has 0 heterocycles. The van der Waals surface area contributed by atoms with Crippen LogP contribution in [0.3, 0.4) is 0 Å². The van der Waals surface area contributed by atoms with Crippen molar-refractivity contribution in [3.63, 3.8) is 0 Å². The Kier molecular flexibility index (Phi) is 5.13. The van der Waals surface area contributed by atoms with E-state index in [2.05, 4.69) is 0 Å². The van der Waals surface area contributed by atoms with Crippen molar-refractivity contribution in [3.05, 3.63) is 89.5 Å². The van der Waals surface area contributed by atoms with Crippen molar-refractivity contribution in [1.82, 2.24) is 0 Å². The van der Waals surface area contributed by atoms with Crippen molar-refractivity contribution in [3.8, 4) is 22.3 Å². The Morgan fingerprint density at radius 3 is 1.89 bits per heavy atom. The lowest BCUT2D eigenvalue weighted by Crippen LogP contribution is -2.00. The molecule has 0 saturated carbocycles. The van der Waals surface area contributed by atoms with E-state index in [-0.39, 0.29) is 22.8 Å². The van der Waals surface area contributed by atoms with E-state index in [0.29, 0.717) is 11.6 Å². The summed E-state index contributed by atoms with van der Waals surface area (Å²) in [5, 5.41) is 0. The van der Waals surface area contributed by atoms with Gasteiger partial charge in [-0.25, -0.2) is 8.78 Å². The van der Waals surface area contributed by atoms with Crippen LogP contribution in [0.1, 0.15) is 11.1 Å². The van der Waals surface area contributed by atoms with Gasteiger partial charge in [-0.3, -0.25) is 0 Å². The molecule has 0 fully saturated rings. The van der Waals surface area contributed by atoms with E-state index >= 15 is 0 Å². The lowest BCUT2D eigenvalue weighted by molar-refractivity contribution is -0.0790. The third-order valence-corrected chi connectivity index (χ3v) is 4.12. The Morgan fingerprint density at radius 2 is 1.30 bits per heavy atom. The molecular weight excluding hydrogens is 359 g/mol. The molecule has 138 valence electrons. The van der Waals surface area contributed by atoms with Crippen LogP contribution in [-0.2, 0) is 0 Å². The maximum atomic E-state index is 14.6. The van der Waals surface area contributed by atoms with Gasteiger partial charge in [0.25, 0.3) is 0 Å². The first-order chi connectivity index (χ1) is 12.7. The zero-order valence-corrected chi connectivity index (χ0v) is 14.3. The Labute approximate surface area is 153 Å². The van der Waals surface area contributed by atoms with E-state index < -0.39 is 17.8 Å². The third kappa shape index (κ3) is 4.61. The minimum atomic E-state index is -4.52. The van der Waals surface area contributed by atoms with Gasteiger partial charge in [-0.1, -0.05) is 54.1 Å². The molecular formula is C22H15F5. The summed E-state index contributed by atoms with van der Waals surface area (Å²) in [6, 6.07) is 15.8. The second kappa shape index (κ2) is 7.35. The van der Waals surface area contributed by atoms with Gasteiger partial charge in [0.15, 0.2) is 0 Å². The lowest BCUT2D eigenvalue weighted by Gasteiger charge is -2.09. The van der Waals surface area contributed by atoms with E-state index in [0.717, 1.165) is 17.2 Å². The first kappa shape index (κ1) is 18.8. The van der Waals surface area contributed by atoms with Crippen LogP contribution in [0.5, 0.6) is 0 Å². The number of alkyl halides is 3. The molecule has 0 radical (unpaired) electrons. The van der Waals surface area contributed by atoms with Gasteiger partial charge in [0.2, 0.25) is 0 Å². The van der Waals surface area contributed by atoms with Gasteiger partial charge in [0, 0.05) is 17.2 Å². The van der Waals surface area contributed by atoms with E-state index in [9.17, 15) is 22.0 Å². The Balaban J connectivity index is 1.91. The number of allylic oxidation sites excluding steroid dienone is 1. The SMILES string of the molecule is Cc1ccc(-c2ccc(-c3ccc(/C=C/C(F)(F)F)c(F)c3)c(F)c2)cc1. The maximum Gasteiger partial charge on any atom is 0.409 e. The third-order valence-electron chi connectivity index (χ3n) is 4.12. The van der Waals surface area contributed by atoms with Gasteiger partial charge in [0.05, 0.1) is 0 Å². The van der Waals surface area contributed by atoms with Crippen molar-refractivity contribution in [1.29, 1.82) is 0 Å². The average molecular weight is 374 g/mol. The van der Waals surface area contributed by atoms with Crippen LogP contribution in [0.2, 0.25) is 0 Å². The highest BCUT2D eigenvalue weighted by atomic mass is 19.4. The van der Waals surface area contributed by atoms with E-state index in [1.54, 1.807) is 6.07 Å². The quantitative estimate of drug-likeness (QED) is 0.426. The fourth-order valence-corrected chi connectivity index (χ4v) is 2.69. The van der Waals surface area contributed by atoms with Gasteiger partial charge in [-0.15, -0.1) is 0 Å². The van der Waals surface area contributed by atoms with Crippen molar-refractivity contribution >= 4 is 6.08 Å². The Morgan fingerprint density at radius 1 is 0.704 bits per heavy atom. The van der Waals surface area contributed by atoms with Crippen LogP contribution in [-0.4, -0.2) is 6.18 Å². The van der Waals surface area contributed by atoms with E-state index in [1.165, 1.54) is 24.3 Å². The van der Waals surface area contributed by atoms with Crippen LogP contribution < -0.4 is 0 Å². The van der Waals surface area contributed by atoms with Crippen molar-refractivity contribution in [2.24, 2.45) is 0 Å². The molecule has 3 rings (SSSR count). The zero-order valence-electron chi connectivity index (χ0n) is 14.3. The molecule has 0 unspecified atom stereocenters. The molecule has 0 nitrogen and oxygen atoms in total. The number of hydrogen-bond acceptors (Lipinski definition) is 0. The highest BCUT2D eigenvalue weighted by Gasteiger charge is 2.22. The molecule has 0 aliphatic carbocycles. The highest BCUT2D eigenvalue weighted by Crippen LogP contribution is 2.30. The minimum Gasteiger partial charge on any atom is -0.206 e. The maximum absolute atomic E-state index is 14.6. The van der Waals surface area contributed by atoms with Crippen LogP contribution in [0.15, 0.2) is 66.7 Å². The van der Waals surface area contributed by atoms with Crippen LogP contribution in [0.4, 0.5) is 22.0 Å². The Hall–Kier alpha value is -2.95. The summed E-state index contributed by atoms with van der Waals surface area (Å²) < 4.78 is 65.3. The summed E-state index contributed by atoms with van der Waals surface area (Å²) in [6.45, 7) is 1.95. The first-order valence-corrected chi connectivity index (χ1v) is 8.15. The predicted octanol–water partition coefficient (Wildman–Crippen LogP) is 7.18. The second-order valence-corrected chi connectivity index (χ2v) is 6.17. The highest BCUT2D eigenvalue weighted by molar-refractivity contribution is 5.72. The molecule has 0 saturated heterocycles. The van der Waals surface area contributed by atoms with Gasteiger partial charge >= 0.3 is 6.18 Å². The lowest BCUT2D eigenvalue weighted by atomic mass is 9.98. The number of hydrogen-bond donors (Lipinski definition) is 0. The van der Waals surface area contributed by atoms with Crippen LogP contribution in [0, 0.1) is 18.6 Å². The summed E-state index contributed by atoms with van der Waals surface area (Å²) in [6.07, 6.45) is -3.92. The first-order valence-electron chi connectivity index (χ1n) is 8.15. The standard InChI is InChI=1S/C22H15F5/c1-14-2-4-15(5-3-14)17-8-9-19(21(24)12-17)18-7-6-16(20(23)13-18)10-11-22(25,26)27/h2-13H,1H3/b11-10+. The molecule has 0 aromatic heterocycles. The van der Waals surface area contributed by atoms with E-state index in [4.69, 9.17) is 0 Å². The van der Waals surface area contributed by atoms with Gasteiger partial charge in [0.1, 0.15) is 11.6 Å². The molecule has 0 bridgehead atoms. The summed E-state index contributed by atoms with van der Waals surface area (Å²) in [5.74, 6) is -1.39. The molecule has 5 heteroatoms. The smallest absolute Gasteiger partial charge is 0.206 e. The Bertz CT molecular complexity index is 983. The van der Waals surface area contributed by atoms with E-state index in [1.807, 2.05) is 31.2 Å². The molecule has 3 aromatic carbocycles. The van der Waals surface area contributed by atoms with Crippen LogP contribution >= 0.6 is 0 Å². The second-order valence-electron chi connectivity index (χ2n) is 6.17. The largest absolute Gasteiger partial charge is 0.409 e. The number of halogens is 5. The summed E-state index contributed by atoms with van der Waals surface area (Å²) in [5.41, 5.74) is 2.84. The minimum absolute atomic E-state index is 0.0396. The van der Waals surface area contributed by atoms with Crippen molar-refractivity contribution in [2.45, 2.75) is 13.1 Å². The average Bonchev–Trinajstić information content (AvgIpc) is 2.60. The molecule has 0 atom stereocenters. The topological polar surface area (TPSA) is 0 Å². The predicted molar refractivity (Wildman–Crippen MR) is 97.1 cm³/mol. The summed E-state index contributed by atoms with van der Waals surface area (Å²) in [4.78, 5) is 0. The molecule has 0 aliphatic heterocycles. The fourth-order valence-electron chi connectivity index (χ4n) is 2.69. The number of aryl methyl sites for hydroxylation is 1. The monoisotopic (exact) mass is 374 g/mol. The molecule has 0 aliphatic rings. The van der Waals surface area contributed by atoms with Crippen molar-refractivity contribution in [2.75, 3.05) is 0 Å². The van der Waals surface area contributed by atoms with Crippen molar-refractivity contribution < 1.29 is 22.0 Å². The summed E-state index contributed by atoms with van der Waals surface area (Å²) >= 11 is 0. The van der Waals surface area contributed by atoms with Crippen LogP contribution in [0.25, 0.3) is 28.3 Å². The zero-order chi connectivity index (χ0) is 19.6. The van der Waals surface area contributed by atoms with Gasteiger partial charge in [-0.05, 0) is 41.8 Å². The molecule has 0 N–H and O–H groups in total. The molecule has 3 aromatic rings. The molecule has 0 spiro atoms. The summed E-state index contributed by atoms with van der Waals surface area (Å²) in [7, 11) is 0. The molecule has 0 amide bonds. The number of benzene rings is 3. The van der Waals surface area contributed by atoms with Gasteiger partial charge < -0.3 is 0 Å². The number of rotatable bonds is 3. The molecule has 27 heavy (non-hydrogen) atoms. The normalized spacial score (nSPS) is 11.9. The van der Waals surface area contributed by atoms with Gasteiger partial charge in [-0.2, -0.15) is 13.2 Å². The fraction of sp³-hybridized carbons (Fsp3) is 0.0909.